The minimum Gasteiger partial charge on any atom is -0.395 e. The highest BCUT2D eigenvalue weighted by Gasteiger charge is 2.07. The molecule has 0 radical (unpaired) electrons. The first-order valence-corrected chi connectivity index (χ1v) is 5.54. The summed E-state index contributed by atoms with van der Waals surface area (Å²) in [5.74, 6) is -0.855. The van der Waals surface area contributed by atoms with Crippen molar-refractivity contribution in [1.82, 2.24) is 4.98 Å². The Hall–Kier alpha value is -2.69. The maximum absolute atomic E-state index is 13.5. The van der Waals surface area contributed by atoms with Crippen LogP contribution in [0.3, 0.4) is 0 Å². The number of benzene rings is 1. The van der Waals surface area contributed by atoms with Gasteiger partial charge in [-0.1, -0.05) is 18.7 Å². The van der Waals surface area contributed by atoms with Crippen molar-refractivity contribution in [1.29, 1.82) is 0 Å². The standard InChI is InChI=1S/C14H12FN3O/c1-9(16)14(19)18-11-6-4-10(5-7-11)13-12(15)3-2-8-17-13/h2-8H,1,16H2,(H,18,19). The molecule has 1 aromatic heterocycles. The van der Waals surface area contributed by atoms with E-state index in [4.69, 9.17) is 5.73 Å². The minimum atomic E-state index is -0.461. The molecule has 3 N–H and O–H groups in total. The van der Waals surface area contributed by atoms with Crippen molar-refractivity contribution in [3.8, 4) is 11.3 Å². The van der Waals surface area contributed by atoms with Crippen LogP contribution in [-0.2, 0) is 4.79 Å². The van der Waals surface area contributed by atoms with Gasteiger partial charge >= 0.3 is 0 Å². The summed E-state index contributed by atoms with van der Waals surface area (Å²) in [5, 5.41) is 2.56. The van der Waals surface area contributed by atoms with Crippen LogP contribution < -0.4 is 11.1 Å². The number of nitrogens with zero attached hydrogens (tertiary/aromatic N) is 1. The van der Waals surface area contributed by atoms with Crippen molar-refractivity contribution < 1.29 is 9.18 Å². The minimum absolute atomic E-state index is 0.0696. The SMILES string of the molecule is C=C(N)C(=O)Nc1ccc(-c2ncccc2F)cc1. The number of carbonyl (C=O) groups excluding carboxylic acids is 1. The molecule has 1 aromatic carbocycles. The molecule has 0 atom stereocenters. The maximum atomic E-state index is 13.5. The molecule has 0 unspecified atom stereocenters. The van der Waals surface area contributed by atoms with Gasteiger partial charge in [0, 0.05) is 17.4 Å². The Labute approximate surface area is 109 Å². The van der Waals surface area contributed by atoms with Gasteiger partial charge in [-0.2, -0.15) is 0 Å². The van der Waals surface area contributed by atoms with Crippen LogP contribution in [0.4, 0.5) is 10.1 Å². The third-order valence-corrected chi connectivity index (χ3v) is 2.47. The lowest BCUT2D eigenvalue weighted by Crippen LogP contribution is -2.18. The summed E-state index contributed by atoms with van der Waals surface area (Å²) in [4.78, 5) is 15.3. The Morgan fingerprint density at radius 2 is 1.95 bits per heavy atom. The molecule has 5 heteroatoms. The summed E-state index contributed by atoms with van der Waals surface area (Å²) in [7, 11) is 0. The number of rotatable bonds is 3. The van der Waals surface area contributed by atoms with Gasteiger partial charge in [-0.25, -0.2) is 4.39 Å². The van der Waals surface area contributed by atoms with Crippen LogP contribution in [-0.4, -0.2) is 10.9 Å². The Morgan fingerprint density at radius 3 is 2.53 bits per heavy atom. The number of anilines is 1. The topological polar surface area (TPSA) is 68.0 Å². The molecular formula is C14H12FN3O. The van der Waals surface area contributed by atoms with E-state index in [1.165, 1.54) is 18.3 Å². The highest BCUT2D eigenvalue weighted by atomic mass is 19.1. The summed E-state index contributed by atoms with van der Waals surface area (Å²) in [6.45, 7) is 3.33. The largest absolute Gasteiger partial charge is 0.395 e. The smallest absolute Gasteiger partial charge is 0.270 e. The number of nitrogens with one attached hydrogen (secondary N) is 1. The zero-order valence-electron chi connectivity index (χ0n) is 10.1. The second-order valence-electron chi connectivity index (χ2n) is 3.89. The molecule has 0 bridgehead atoms. The van der Waals surface area contributed by atoms with Gasteiger partial charge < -0.3 is 11.1 Å². The fourth-order valence-corrected chi connectivity index (χ4v) is 1.52. The molecule has 0 fully saturated rings. The fraction of sp³-hybridized carbons (Fsp3) is 0. The average molecular weight is 257 g/mol. The quantitative estimate of drug-likeness (QED) is 0.829. The molecular weight excluding hydrogens is 245 g/mol. The van der Waals surface area contributed by atoms with Crippen molar-refractivity contribution >= 4 is 11.6 Å². The van der Waals surface area contributed by atoms with Crippen LogP contribution in [0, 0.1) is 5.82 Å². The fourth-order valence-electron chi connectivity index (χ4n) is 1.52. The summed E-state index contributed by atoms with van der Waals surface area (Å²) in [5.41, 5.74) is 6.64. The van der Waals surface area contributed by atoms with Crippen molar-refractivity contribution in [3.05, 3.63) is 60.7 Å². The van der Waals surface area contributed by atoms with Gasteiger partial charge in [0.1, 0.15) is 11.5 Å². The van der Waals surface area contributed by atoms with Crippen molar-refractivity contribution in [2.45, 2.75) is 0 Å². The van der Waals surface area contributed by atoms with Gasteiger partial charge in [0.25, 0.3) is 5.91 Å². The summed E-state index contributed by atoms with van der Waals surface area (Å²) in [6.07, 6.45) is 1.52. The number of amides is 1. The summed E-state index contributed by atoms with van der Waals surface area (Å²) in [6, 6.07) is 9.49. The first-order valence-electron chi connectivity index (χ1n) is 5.54. The predicted molar refractivity (Wildman–Crippen MR) is 71.6 cm³/mol. The molecule has 2 aromatic rings. The maximum Gasteiger partial charge on any atom is 0.270 e. The number of hydrogen-bond acceptors (Lipinski definition) is 3. The number of pyridine rings is 1. The van der Waals surface area contributed by atoms with Crippen LogP contribution in [0.15, 0.2) is 54.9 Å². The first kappa shape index (κ1) is 12.8. The van der Waals surface area contributed by atoms with Crippen LogP contribution in [0.1, 0.15) is 0 Å². The molecule has 0 aliphatic carbocycles. The van der Waals surface area contributed by atoms with Crippen molar-refractivity contribution in [2.75, 3.05) is 5.32 Å². The molecule has 0 aliphatic heterocycles. The molecule has 1 amide bonds. The van der Waals surface area contributed by atoms with Crippen molar-refractivity contribution in [3.63, 3.8) is 0 Å². The monoisotopic (exact) mass is 257 g/mol. The molecule has 4 nitrogen and oxygen atoms in total. The van der Waals surface area contributed by atoms with E-state index in [9.17, 15) is 9.18 Å². The van der Waals surface area contributed by atoms with Gasteiger partial charge in [-0.3, -0.25) is 9.78 Å². The summed E-state index contributed by atoms with van der Waals surface area (Å²) >= 11 is 0. The second kappa shape index (κ2) is 5.30. The van der Waals surface area contributed by atoms with E-state index in [-0.39, 0.29) is 11.4 Å². The van der Waals surface area contributed by atoms with E-state index in [0.29, 0.717) is 11.3 Å². The van der Waals surface area contributed by atoms with Crippen LogP contribution in [0.5, 0.6) is 0 Å². The third kappa shape index (κ3) is 2.95. The molecule has 0 saturated heterocycles. The summed E-state index contributed by atoms with van der Waals surface area (Å²) < 4.78 is 13.5. The Bertz CT molecular complexity index is 623. The van der Waals surface area contributed by atoms with Gasteiger partial charge in [0.15, 0.2) is 0 Å². The lowest BCUT2D eigenvalue weighted by molar-refractivity contribution is -0.112. The molecule has 2 rings (SSSR count). The lowest BCUT2D eigenvalue weighted by Gasteiger charge is -2.06. The lowest BCUT2D eigenvalue weighted by atomic mass is 10.1. The van der Waals surface area contributed by atoms with Gasteiger partial charge in [0.2, 0.25) is 0 Å². The van der Waals surface area contributed by atoms with E-state index in [2.05, 4.69) is 16.9 Å². The molecule has 0 spiro atoms. The highest BCUT2D eigenvalue weighted by molar-refractivity contribution is 6.02. The predicted octanol–water partition coefficient (Wildman–Crippen LogP) is 2.30. The second-order valence-corrected chi connectivity index (χ2v) is 3.89. The normalized spacial score (nSPS) is 9.95. The van der Waals surface area contributed by atoms with E-state index < -0.39 is 11.7 Å². The van der Waals surface area contributed by atoms with E-state index >= 15 is 0 Å². The Balaban J connectivity index is 2.22. The Kier molecular flexibility index (Phi) is 3.56. The third-order valence-electron chi connectivity index (χ3n) is 2.47. The average Bonchev–Trinajstić information content (AvgIpc) is 2.40. The van der Waals surface area contributed by atoms with E-state index in [0.717, 1.165) is 0 Å². The van der Waals surface area contributed by atoms with E-state index in [1.54, 1.807) is 24.3 Å². The van der Waals surface area contributed by atoms with Crippen LogP contribution >= 0.6 is 0 Å². The van der Waals surface area contributed by atoms with E-state index in [1.807, 2.05) is 0 Å². The van der Waals surface area contributed by atoms with Crippen molar-refractivity contribution in [2.24, 2.45) is 5.73 Å². The number of aromatic nitrogens is 1. The number of carbonyl (C=O) groups is 1. The zero-order chi connectivity index (χ0) is 13.8. The highest BCUT2D eigenvalue weighted by Crippen LogP contribution is 2.21. The zero-order valence-corrected chi connectivity index (χ0v) is 10.1. The van der Waals surface area contributed by atoms with Gasteiger partial charge in [0.05, 0.1) is 5.70 Å². The number of halogens is 1. The van der Waals surface area contributed by atoms with Gasteiger partial charge in [-0.15, -0.1) is 0 Å². The molecule has 96 valence electrons. The number of hydrogen-bond donors (Lipinski definition) is 2. The molecule has 0 aliphatic rings. The van der Waals surface area contributed by atoms with Crippen LogP contribution in [0.25, 0.3) is 11.3 Å². The first-order chi connectivity index (χ1) is 9.08. The Morgan fingerprint density at radius 1 is 1.26 bits per heavy atom. The molecule has 19 heavy (non-hydrogen) atoms. The molecule has 0 saturated carbocycles. The number of nitrogens with two attached hydrogens (primary N) is 1. The van der Waals surface area contributed by atoms with Crippen LogP contribution in [0.2, 0.25) is 0 Å². The van der Waals surface area contributed by atoms with Gasteiger partial charge in [-0.05, 0) is 24.3 Å². The molecule has 1 heterocycles.